The Labute approximate surface area is 64.6 Å². The molecule has 10 heavy (non-hydrogen) atoms. The zero-order valence-corrected chi connectivity index (χ0v) is 6.48. The van der Waals surface area contributed by atoms with Crippen molar-refractivity contribution in [1.29, 1.82) is 0 Å². The van der Waals surface area contributed by atoms with Crippen LogP contribution in [0.25, 0.3) is 0 Å². The molecule has 2 heteroatoms. The lowest BCUT2D eigenvalue weighted by Crippen LogP contribution is -2.15. The van der Waals surface area contributed by atoms with Gasteiger partial charge in [-0.3, -0.25) is 4.99 Å². The molecule has 1 aliphatic heterocycles. The van der Waals surface area contributed by atoms with Crippen molar-refractivity contribution in [3.8, 4) is 11.8 Å². The molecule has 1 heterocycles. The molecule has 2 atom stereocenters. The summed E-state index contributed by atoms with van der Waals surface area (Å²) in [4.78, 5) is 4.21. The van der Waals surface area contributed by atoms with E-state index in [1.54, 1.807) is 11.8 Å². The molecule has 0 aromatic rings. The third-order valence-electron chi connectivity index (χ3n) is 1.58. The van der Waals surface area contributed by atoms with Gasteiger partial charge in [0.25, 0.3) is 0 Å². The van der Waals surface area contributed by atoms with Gasteiger partial charge in [-0.15, -0.1) is 11.8 Å². The summed E-state index contributed by atoms with van der Waals surface area (Å²) < 4.78 is 0. The molecule has 0 fully saturated rings. The molecule has 0 saturated carbocycles. The normalized spacial score (nSPS) is 34.3. The molecule has 0 N–H and O–H groups in total. The van der Waals surface area contributed by atoms with Gasteiger partial charge in [0.15, 0.2) is 0 Å². The van der Waals surface area contributed by atoms with Crippen molar-refractivity contribution in [2.24, 2.45) is 4.99 Å². The fourth-order valence-corrected chi connectivity index (χ4v) is 1.97. The Morgan fingerprint density at radius 3 is 3.50 bits per heavy atom. The van der Waals surface area contributed by atoms with Crippen LogP contribution in [0.4, 0.5) is 0 Å². The number of nitrogens with zero attached hydrogens (tertiary/aromatic N) is 1. The van der Waals surface area contributed by atoms with Gasteiger partial charge in [0.1, 0.15) is 6.04 Å². The average molecular weight is 149 g/mol. The smallest absolute Gasteiger partial charge is 0.127 e. The van der Waals surface area contributed by atoms with Crippen molar-refractivity contribution in [3.05, 3.63) is 11.6 Å². The summed E-state index contributed by atoms with van der Waals surface area (Å²) in [6, 6.07) is 0.244. The number of allylic oxidation sites excluding steroid dienone is 1. The van der Waals surface area contributed by atoms with E-state index in [1.807, 2.05) is 12.5 Å². The van der Waals surface area contributed by atoms with Gasteiger partial charge in [0.05, 0.1) is 10.8 Å². The van der Waals surface area contributed by atoms with E-state index in [0.29, 0.717) is 5.25 Å². The first-order valence-corrected chi connectivity index (χ1v) is 4.17. The summed E-state index contributed by atoms with van der Waals surface area (Å²) in [6.45, 7) is 2.04. The zero-order valence-electron chi connectivity index (χ0n) is 5.66. The summed E-state index contributed by atoms with van der Waals surface area (Å²) in [5, 5.41) is 0.501. The highest BCUT2D eigenvalue weighted by Crippen LogP contribution is 2.25. The molecule has 2 unspecified atom stereocenters. The Kier molecular flexibility index (Phi) is 1.32. The van der Waals surface area contributed by atoms with E-state index in [4.69, 9.17) is 0 Å². The van der Waals surface area contributed by atoms with Crippen molar-refractivity contribution < 1.29 is 0 Å². The molecule has 0 aromatic heterocycles. The molecule has 0 spiro atoms. The third-order valence-corrected chi connectivity index (χ3v) is 2.53. The number of thioether (sulfide) groups is 1. The summed E-state index contributed by atoms with van der Waals surface area (Å²) in [6.07, 6.45) is 2.19. The lowest BCUT2D eigenvalue weighted by Gasteiger charge is -2.10. The van der Waals surface area contributed by atoms with E-state index in [0.717, 1.165) is 0 Å². The minimum absolute atomic E-state index is 0.244. The standard InChI is InChI=1S/C8H7NS/c1-6-2-3-7-8(4-6)10-5-9-7/h4-5,7-8H,1H3. The van der Waals surface area contributed by atoms with E-state index in [-0.39, 0.29) is 6.04 Å². The molecule has 2 rings (SSSR count). The van der Waals surface area contributed by atoms with E-state index in [1.165, 1.54) is 5.57 Å². The highest BCUT2D eigenvalue weighted by molar-refractivity contribution is 8.13. The second kappa shape index (κ2) is 2.17. The Morgan fingerprint density at radius 1 is 1.70 bits per heavy atom. The molecule has 0 aromatic carbocycles. The predicted molar refractivity (Wildman–Crippen MR) is 45.2 cm³/mol. The summed E-state index contributed by atoms with van der Waals surface area (Å²) in [5.41, 5.74) is 3.08. The van der Waals surface area contributed by atoms with E-state index in [9.17, 15) is 0 Å². The lowest BCUT2D eigenvalue weighted by atomic mass is 10.1. The second-order valence-electron chi connectivity index (χ2n) is 2.42. The quantitative estimate of drug-likeness (QED) is 0.475. The predicted octanol–water partition coefficient (Wildman–Crippen LogP) is 1.46. The number of fused-ring (bicyclic) bond motifs is 1. The van der Waals surface area contributed by atoms with Gasteiger partial charge < -0.3 is 0 Å². The molecule has 1 nitrogen and oxygen atoms in total. The third kappa shape index (κ3) is 0.871. The molecule has 1 aliphatic carbocycles. The first-order valence-electron chi connectivity index (χ1n) is 3.23. The monoisotopic (exact) mass is 149 g/mol. The van der Waals surface area contributed by atoms with Crippen LogP contribution < -0.4 is 0 Å². The van der Waals surface area contributed by atoms with Gasteiger partial charge >= 0.3 is 0 Å². The lowest BCUT2D eigenvalue weighted by molar-refractivity contribution is 0.890. The van der Waals surface area contributed by atoms with Crippen LogP contribution in [0.1, 0.15) is 6.92 Å². The Morgan fingerprint density at radius 2 is 2.60 bits per heavy atom. The topological polar surface area (TPSA) is 12.4 Å². The highest BCUT2D eigenvalue weighted by Gasteiger charge is 2.22. The van der Waals surface area contributed by atoms with Crippen LogP contribution in [0.2, 0.25) is 0 Å². The van der Waals surface area contributed by atoms with Crippen LogP contribution in [-0.2, 0) is 0 Å². The van der Waals surface area contributed by atoms with Gasteiger partial charge in [0, 0.05) is 0 Å². The van der Waals surface area contributed by atoms with Crippen molar-refractivity contribution in [3.63, 3.8) is 0 Å². The molecule has 2 aliphatic rings. The summed E-state index contributed by atoms with van der Waals surface area (Å²) >= 11 is 1.76. The van der Waals surface area contributed by atoms with Gasteiger partial charge in [-0.05, 0) is 12.5 Å². The van der Waals surface area contributed by atoms with Gasteiger partial charge in [-0.1, -0.05) is 17.9 Å². The summed E-state index contributed by atoms with van der Waals surface area (Å²) in [5.74, 6) is 6.13. The van der Waals surface area contributed by atoms with Crippen LogP contribution in [0, 0.1) is 11.8 Å². The first-order chi connectivity index (χ1) is 4.86. The van der Waals surface area contributed by atoms with Crippen LogP contribution in [0.5, 0.6) is 0 Å². The largest absolute Gasteiger partial charge is 0.269 e. The molecule has 0 amide bonds. The van der Waals surface area contributed by atoms with E-state index >= 15 is 0 Å². The Bertz CT molecular complexity index is 267. The SMILES string of the molecule is CC1=CC2SC=NC2C#C1. The molecule has 0 radical (unpaired) electrons. The van der Waals surface area contributed by atoms with Crippen LogP contribution in [0.3, 0.4) is 0 Å². The maximum absolute atomic E-state index is 4.21. The van der Waals surface area contributed by atoms with Crippen LogP contribution >= 0.6 is 11.8 Å². The van der Waals surface area contributed by atoms with Crippen molar-refractivity contribution in [1.82, 2.24) is 0 Å². The van der Waals surface area contributed by atoms with Crippen LogP contribution in [-0.4, -0.2) is 16.8 Å². The zero-order chi connectivity index (χ0) is 6.97. The molecular formula is C8H7NS. The van der Waals surface area contributed by atoms with Crippen molar-refractivity contribution >= 4 is 17.3 Å². The van der Waals surface area contributed by atoms with Gasteiger partial charge in [-0.25, -0.2) is 0 Å². The van der Waals surface area contributed by atoms with E-state index < -0.39 is 0 Å². The maximum Gasteiger partial charge on any atom is 0.127 e. The summed E-state index contributed by atoms with van der Waals surface area (Å²) in [7, 11) is 0. The molecular weight excluding hydrogens is 142 g/mol. The number of hydrogen-bond acceptors (Lipinski definition) is 2. The maximum atomic E-state index is 4.21. The number of aliphatic imine (C=N–C) groups is 1. The molecule has 0 bridgehead atoms. The minimum atomic E-state index is 0.244. The Hall–Kier alpha value is -0.680. The van der Waals surface area contributed by atoms with Crippen molar-refractivity contribution in [2.45, 2.75) is 18.2 Å². The fourth-order valence-electron chi connectivity index (χ4n) is 1.06. The highest BCUT2D eigenvalue weighted by atomic mass is 32.2. The average Bonchev–Trinajstić information content (AvgIpc) is 2.33. The second-order valence-corrected chi connectivity index (χ2v) is 3.45. The fraction of sp³-hybridized carbons (Fsp3) is 0.375. The van der Waals surface area contributed by atoms with Crippen molar-refractivity contribution in [2.75, 3.05) is 0 Å². The first kappa shape index (κ1) is 6.06. The van der Waals surface area contributed by atoms with Gasteiger partial charge in [-0.2, -0.15) is 0 Å². The van der Waals surface area contributed by atoms with Crippen LogP contribution in [0.15, 0.2) is 16.6 Å². The number of hydrogen-bond donors (Lipinski definition) is 0. The number of rotatable bonds is 0. The van der Waals surface area contributed by atoms with E-state index in [2.05, 4.69) is 22.9 Å². The van der Waals surface area contributed by atoms with Gasteiger partial charge in [0.2, 0.25) is 0 Å². The Balaban J connectivity index is 2.31. The molecule has 0 saturated heterocycles. The molecule has 50 valence electrons. The minimum Gasteiger partial charge on any atom is -0.269 e.